The first-order valence-electron chi connectivity index (χ1n) is 9.04. The van der Waals surface area contributed by atoms with Gasteiger partial charge in [-0.05, 0) is 37.5 Å². The molecule has 0 atom stereocenters. The molecule has 7 nitrogen and oxygen atoms in total. The van der Waals surface area contributed by atoms with Gasteiger partial charge in [-0.15, -0.1) is 0 Å². The number of nitrogens with zero attached hydrogens (tertiary/aromatic N) is 2. The molecule has 2 amide bonds. The van der Waals surface area contributed by atoms with Gasteiger partial charge >= 0.3 is 6.03 Å². The van der Waals surface area contributed by atoms with Crippen LogP contribution in [0, 0.1) is 0 Å². The minimum atomic E-state index is -0.244. The number of benzene rings is 1. The molecule has 138 valence electrons. The van der Waals surface area contributed by atoms with Crippen LogP contribution in [-0.2, 0) is 4.79 Å². The van der Waals surface area contributed by atoms with E-state index < -0.39 is 0 Å². The lowest BCUT2D eigenvalue weighted by atomic mass is 10.1. The van der Waals surface area contributed by atoms with Crippen LogP contribution in [0.4, 0.5) is 10.5 Å². The predicted molar refractivity (Wildman–Crippen MR) is 99.3 cm³/mol. The van der Waals surface area contributed by atoms with Crippen molar-refractivity contribution in [3.8, 4) is 17.0 Å². The molecule has 0 spiro atoms. The quantitative estimate of drug-likeness (QED) is 0.738. The monoisotopic (exact) mass is 356 g/mol. The first kappa shape index (κ1) is 18.0. The highest BCUT2D eigenvalue weighted by Gasteiger charge is 2.30. The molecule has 1 aliphatic carbocycles. The van der Waals surface area contributed by atoms with Crippen LogP contribution >= 0.6 is 0 Å². The zero-order valence-electron chi connectivity index (χ0n) is 15.1. The first-order valence-corrected chi connectivity index (χ1v) is 9.04. The number of amides is 2. The third-order valence-electron chi connectivity index (χ3n) is 4.33. The third kappa shape index (κ3) is 3.87. The smallest absolute Gasteiger partial charge is 0.342 e. The van der Waals surface area contributed by atoms with E-state index in [4.69, 9.17) is 0 Å². The van der Waals surface area contributed by atoms with Gasteiger partial charge in [-0.25, -0.2) is 4.79 Å². The van der Waals surface area contributed by atoms with Crippen LogP contribution in [0.3, 0.4) is 0 Å². The van der Waals surface area contributed by atoms with Crippen LogP contribution in [-0.4, -0.2) is 33.4 Å². The Kier molecular flexibility index (Phi) is 5.25. The lowest BCUT2D eigenvalue weighted by Gasteiger charge is -2.07. The average Bonchev–Trinajstić information content (AvgIpc) is 3.38. The minimum Gasteiger partial charge on any atom is -0.507 e. The first-order chi connectivity index (χ1) is 12.5. The maximum Gasteiger partial charge on any atom is 0.342 e. The number of rotatable bonds is 6. The van der Waals surface area contributed by atoms with Gasteiger partial charge in [0.05, 0.1) is 11.4 Å². The summed E-state index contributed by atoms with van der Waals surface area (Å²) in [5.74, 6) is 0.235. The zero-order valence-corrected chi connectivity index (χ0v) is 15.1. The second-order valence-corrected chi connectivity index (χ2v) is 6.51. The van der Waals surface area contributed by atoms with Crippen molar-refractivity contribution >= 4 is 17.6 Å². The van der Waals surface area contributed by atoms with Crippen LogP contribution in [0.15, 0.2) is 24.3 Å². The molecular weight excluding hydrogens is 332 g/mol. The molecule has 0 aliphatic heterocycles. The van der Waals surface area contributed by atoms with Crippen molar-refractivity contribution in [3.63, 3.8) is 0 Å². The maximum atomic E-state index is 12.4. The Bertz CT molecular complexity index is 824. The van der Waals surface area contributed by atoms with Crippen molar-refractivity contribution in [3.05, 3.63) is 30.0 Å². The number of hydrogen-bond acceptors (Lipinski definition) is 4. The summed E-state index contributed by atoms with van der Waals surface area (Å²) in [4.78, 5) is 23.9. The standard InChI is InChI=1S/C19H24N4O3/c1-3-9-20-19(26)23-16(12-5-6-12)11-15(22-23)14-8-7-13(10-17(14)24)21-18(25)4-2/h7-8,10-12,24H,3-6,9H2,1-2H3,(H,20,26)(H,21,25). The van der Waals surface area contributed by atoms with E-state index in [2.05, 4.69) is 15.7 Å². The van der Waals surface area contributed by atoms with Crippen molar-refractivity contribution in [1.29, 1.82) is 0 Å². The van der Waals surface area contributed by atoms with Crippen molar-refractivity contribution in [1.82, 2.24) is 15.1 Å². The molecule has 7 heteroatoms. The van der Waals surface area contributed by atoms with Gasteiger partial charge in [-0.3, -0.25) is 4.79 Å². The fraction of sp³-hybridized carbons (Fsp3) is 0.421. The summed E-state index contributed by atoms with van der Waals surface area (Å²) in [5, 5.41) is 20.3. The van der Waals surface area contributed by atoms with E-state index >= 15 is 0 Å². The van der Waals surface area contributed by atoms with E-state index in [0.717, 1.165) is 25.0 Å². The molecule has 1 heterocycles. The highest BCUT2D eigenvalue weighted by molar-refractivity contribution is 5.91. The SMILES string of the molecule is CCCNC(=O)n1nc(-c2ccc(NC(=O)CC)cc2O)cc1C1CC1. The number of nitrogens with one attached hydrogen (secondary N) is 2. The van der Waals surface area contributed by atoms with Gasteiger partial charge in [0.2, 0.25) is 5.91 Å². The number of aromatic hydroxyl groups is 1. The van der Waals surface area contributed by atoms with E-state index in [1.807, 2.05) is 13.0 Å². The fourth-order valence-corrected chi connectivity index (χ4v) is 2.74. The Morgan fingerprint density at radius 3 is 2.65 bits per heavy atom. The van der Waals surface area contributed by atoms with E-state index in [0.29, 0.717) is 35.8 Å². The highest BCUT2D eigenvalue weighted by Crippen LogP contribution is 2.42. The summed E-state index contributed by atoms with van der Waals surface area (Å²) in [7, 11) is 0. The number of carbonyl (C=O) groups excluding carboxylic acids is 2. The zero-order chi connectivity index (χ0) is 18.7. The molecule has 1 aromatic carbocycles. The molecular formula is C19H24N4O3. The lowest BCUT2D eigenvalue weighted by Crippen LogP contribution is -2.31. The molecule has 1 aliphatic rings. The molecule has 0 bridgehead atoms. The Morgan fingerprint density at radius 1 is 1.27 bits per heavy atom. The Morgan fingerprint density at radius 2 is 2.04 bits per heavy atom. The summed E-state index contributed by atoms with van der Waals surface area (Å²) < 4.78 is 1.41. The summed E-state index contributed by atoms with van der Waals surface area (Å²) in [6.07, 6.45) is 3.30. The van der Waals surface area contributed by atoms with Crippen LogP contribution in [0.25, 0.3) is 11.3 Å². The van der Waals surface area contributed by atoms with E-state index in [1.165, 1.54) is 10.7 Å². The minimum absolute atomic E-state index is 0.0138. The van der Waals surface area contributed by atoms with Gasteiger partial charge < -0.3 is 15.7 Å². The van der Waals surface area contributed by atoms with Gasteiger partial charge in [-0.1, -0.05) is 13.8 Å². The van der Waals surface area contributed by atoms with Gasteiger partial charge in [0.25, 0.3) is 0 Å². The number of hydrogen-bond donors (Lipinski definition) is 3. The largest absolute Gasteiger partial charge is 0.507 e. The highest BCUT2D eigenvalue weighted by atomic mass is 16.3. The van der Waals surface area contributed by atoms with Crippen molar-refractivity contribution in [2.45, 2.75) is 45.4 Å². The number of phenolic OH excluding ortho intramolecular Hbond substituents is 1. The normalized spacial score (nSPS) is 13.5. The number of carbonyl (C=O) groups is 2. The summed E-state index contributed by atoms with van der Waals surface area (Å²) in [5.41, 5.74) is 2.48. The lowest BCUT2D eigenvalue weighted by molar-refractivity contribution is -0.115. The van der Waals surface area contributed by atoms with E-state index in [1.54, 1.807) is 19.1 Å². The molecule has 0 unspecified atom stereocenters. The maximum absolute atomic E-state index is 12.4. The van der Waals surface area contributed by atoms with E-state index in [-0.39, 0.29) is 17.7 Å². The van der Waals surface area contributed by atoms with Crippen molar-refractivity contribution in [2.24, 2.45) is 0 Å². The second-order valence-electron chi connectivity index (χ2n) is 6.51. The van der Waals surface area contributed by atoms with Crippen LogP contribution in [0.2, 0.25) is 0 Å². The van der Waals surface area contributed by atoms with Gasteiger partial charge in [-0.2, -0.15) is 9.78 Å². The van der Waals surface area contributed by atoms with Crippen LogP contribution in [0.5, 0.6) is 5.75 Å². The predicted octanol–water partition coefficient (Wildman–Crippen LogP) is 3.45. The Hall–Kier alpha value is -2.83. The summed E-state index contributed by atoms with van der Waals surface area (Å²) >= 11 is 0. The number of phenols is 1. The molecule has 26 heavy (non-hydrogen) atoms. The third-order valence-corrected chi connectivity index (χ3v) is 4.33. The van der Waals surface area contributed by atoms with Gasteiger partial charge in [0, 0.05) is 36.2 Å². The van der Waals surface area contributed by atoms with Crippen molar-refractivity contribution < 1.29 is 14.7 Å². The average molecular weight is 356 g/mol. The molecule has 1 fully saturated rings. The molecule has 3 N–H and O–H groups in total. The van der Waals surface area contributed by atoms with Crippen molar-refractivity contribution in [2.75, 3.05) is 11.9 Å². The molecule has 1 saturated carbocycles. The molecule has 0 saturated heterocycles. The van der Waals surface area contributed by atoms with Crippen LogP contribution < -0.4 is 10.6 Å². The molecule has 2 aromatic rings. The van der Waals surface area contributed by atoms with Crippen LogP contribution in [0.1, 0.15) is 51.1 Å². The molecule has 3 rings (SSSR count). The van der Waals surface area contributed by atoms with E-state index in [9.17, 15) is 14.7 Å². The number of aromatic nitrogens is 2. The molecule has 1 aromatic heterocycles. The second kappa shape index (κ2) is 7.59. The Labute approximate surface area is 152 Å². The summed E-state index contributed by atoms with van der Waals surface area (Å²) in [6.45, 7) is 4.35. The molecule has 0 radical (unpaired) electrons. The fourth-order valence-electron chi connectivity index (χ4n) is 2.74. The topological polar surface area (TPSA) is 96.3 Å². The number of anilines is 1. The van der Waals surface area contributed by atoms with Gasteiger partial charge in [0.15, 0.2) is 0 Å². The summed E-state index contributed by atoms with van der Waals surface area (Å²) in [6, 6.07) is 6.54. The van der Waals surface area contributed by atoms with Gasteiger partial charge in [0.1, 0.15) is 5.75 Å². The Balaban J connectivity index is 1.89.